The molecule has 0 bridgehead atoms. The number of nitrogens with zero attached hydrogens (tertiary/aromatic N) is 2. The van der Waals surface area contributed by atoms with Crippen molar-refractivity contribution < 1.29 is 9.66 Å². The zero-order chi connectivity index (χ0) is 12.8. The molecule has 0 spiro atoms. The Kier molecular flexibility index (Phi) is 5.18. The fourth-order valence-electron chi connectivity index (χ4n) is 1.35. The Morgan fingerprint density at radius 1 is 1.47 bits per heavy atom. The lowest BCUT2D eigenvalue weighted by Gasteiger charge is -2.10. The summed E-state index contributed by atoms with van der Waals surface area (Å²) in [6, 6.07) is 4.67. The van der Waals surface area contributed by atoms with Gasteiger partial charge >= 0.3 is 5.69 Å². The van der Waals surface area contributed by atoms with Gasteiger partial charge in [0, 0.05) is 6.54 Å². The Morgan fingerprint density at radius 3 is 2.76 bits per heavy atom. The number of nitro benzene ring substituents is 1. The van der Waals surface area contributed by atoms with Crippen LogP contribution in [0.2, 0.25) is 5.02 Å². The number of nitro groups is 1. The molecule has 6 heteroatoms. The monoisotopic (exact) mass is 258 g/mol. The molecule has 0 atom stereocenters. The molecule has 0 aromatic heterocycles. The number of para-hydroxylation sites is 1. The van der Waals surface area contributed by atoms with Gasteiger partial charge in [0.05, 0.1) is 11.5 Å². The molecule has 0 saturated heterocycles. The molecule has 94 valence electrons. The van der Waals surface area contributed by atoms with Gasteiger partial charge < -0.3 is 9.64 Å². The molecule has 0 heterocycles. The Labute approximate surface area is 105 Å². The number of benzene rings is 1. The Hall–Kier alpha value is -1.33. The maximum absolute atomic E-state index is 10.8. The normalized spacial score (nSPS) is 10.6. The second-order valence-corrected chi connectivity index (χ2v) is 4.26. The summed E-state index contributed by atoms with van der Waals surface area (Å²) in [5.41, 5.74) is -0.168. The molecule has 0 aliphatic carbocycles. The van der Waals surface area contributed by atoms with Gasteiger partial charge in [-0.25, -0.2) is 0 Å². The Bertz CT molecular complexity index is 396. The SMILES string of the molecule is CN(C)CCCOc1cccc(Cl)c1[N+](=O)[O-]. The molecule has 17 heavy (non-hydrogen) atoms. The van der Waals surface area contributed by atoms with E-state index in [-0.39, 0.29) is 16.5 Å². The maximum Gasteiger partial charge on any atom is 0.329 e. The van der Waals surface area contributed by atoms with Crippen LogP contribution in [0.5, 0.6) is 5.75 Å². The van der Waals surface area contributed by atoms with Gasteiger partial charge in [0.15, 0.2) is 5.75 Å². The van der Waals surface area contributed by atoms with Gasteiger partial charge in [-0.15, -0.1) is 0 Å². The second-order valence-electron chi connectivity index (χ2n) is 3.85. The molecule has 0 unspecified atom stereocenters. The minimum Gasteiger partial charge on any atom is -0.487 e. The smallest absolute Gasteiger partial charge is 0.329 e. The maximum atomic E-state index is 10.8. The van der Waals surface area contributed by atoms with Gasteiger partial charge in [-0.05, 0) is 32.6 Å². The number of hydrogen-bond donors (Lipinski definition) is 0. The van der Waals surface area contributed by atoms with Crippen LogP contribution in [0.4, 0.5) is 5.69 Å². The fraction of sp³-hybridized carbons (Fsp3) is 0.455. The second kappa shape index (κ2) is 6.42. The zero-order valence-electron chi connectivity index (χ0n) is 9.85. The first-order valence-corrected chi connectivity index (χ1v) is 5.60. The lowest BCUT2D eigenvalue weighted by molar-refractivity contribution is -0.385. The summed E-state index contributed by atoms with van der Waals surface area (Å²) >= 11 is 5.76. The molecule has 0 N–H and O–H groups in total. The average molecular weight is 259 g/mol. The molecule has 0 aliphatic heterocycles. The first-order chi connectivity index (χ1) is 8.02. The van der Waals surface area contributed by atoms with E-state index in [0.717, 1.165) is 13.0 Å². The van der Waals surface area contributed by atoms with Crippen molar-refractivity contribution in [2.45, 2.75) is 6.42 Å². The standard InChI is InChI=1S/C11H15ClN2O3/c1-13(2)7-4-8-17-10-6-3-5-9(12)11(10)14(15)16/h3,5-6H,4,7-8H2,1-2H3. The van der Waals surface area contributed by atoms with Crippen molar-refractivity contribution in [1.82, 2.24) is 4.90 Å². The molecular weight excluding hydrogens is 244 g/mol. The van der Waals surface area contributed by atoms with E-state index >= 15 is 0 Å². The molecule has 1 aromatic carbocycles. The van der Waals surface area contributed by atoms with Crippen LogP contribution in [0, 0.1) is 10.1 Å². The van der Waals surface area contributed by atoms with E-state index in [1.165, 1.54) is 6.07 Å². The first-order valence-electron chi connectivity index (χ1n) is 5.23. The molecule has 0 saturated carbocycles. The van der Waals surface area contributed by atoms with Gasteiger partial charge in [-0.3, -0.25) is 10.1 Å². The molecule has 5 nitrogen and oxygen atoms in total. The molecule has 0 amide bonds. The third kappa shape index (κ3) is 4.20. The van der Waals surface area contributed by atoms with Crippen molar-refractivity contribution in [3.05, 3.63) is 33.3 Å². The highest BCUT2D eigenvalue weighted by atomic mass is 35.5. The van der Waals surface area contributed by atoms with Gasteiger partial charge in [0.2, 0.25) is 0 Å². The van der Waals surface area contributed by atoms with E-state index in [0.29, 0.717) is 6.61 Å². The largest absolute Gasteiger partial charge is 0.487 e. The number of halogens is 1. The minimum absolute atomic E-state index is 0.0973. The summed E-state index contributed by atoms with van der Waals surface area (Å²) in [7, 11) is 3.92. The molecular formula is C11H15ClN2O3. The summed E-state index contributed by atoms with van der Waals surface area (Å²) in [6.07, 6.45) is 0.802. The van der Waals surface area contributed by atoms with Gasteiger partial charge in [-0.2, -0.15) is 0 Å². The van der Waals surface area contributed by atoms with Gasteiger partial charge in [0.25, 0.3) is 0 Å². The van der Waals surface area contributed by atoms with Crippen molar-refractivity contribution in [3.8, 4) is 5.75 Å². The van der Waals surface area contributed by atoms with Crippen LogP contribution in [-0.2, 0) is 0 Å². The molecule has 1 aromatic rings. The molecule has 0 radical (unpaired) electrons. The highest BCUT2D eigenvalue weighted by Gasteiger charge is 2.19. The van der Waals surface area contributed by atoms with Crippen LogP contribution in [0.3, 0.4) is 0 Å². The fourth-order valence-corrected chi connectivity index (χ4v) is 1.59. The average Bonchev–Trinajstić information content (AvgIpc) is 2.23. The van der Waals surface area contributed by atoms with Crippen LogP contribution >= 0.6 is 11.6 Å². The number of rotatable bonds is 6. The Balaban J connectivity index is 2.64. The molecule has 1 rings (SSSR count). The summed E-state index contributed by atoms with van der Waals surface area (Å²) in [6.45, 7) is 1.30. The van der Waals surface area contributed by atoms with Crippen LogP contribution in [0.25, 0.3) is 0 Å². The summed E-state index contributed by atoms with van der Waals surface area (Å²) < 4.78 is 5.38. The summed E-state index contributed by atoms with van der Waals surface area (Å²) in [4.78, 5) is 12.3. The van der Waals surface area contributed by atoms with Crippen molar-refractivity contribution in [1.29, 1.82) is 0 Å². The molecule has 0 aliphatic rings. The van der Waals surface area contributed by atoms with Crippen molar-refractivity contribution in [2.24, 2.45) is 0 Å². The zero-order valence-corrected chi connectivity index (χ0v) is 10.6. The minimum atomic E-state index is -0.524. The van der Waals surface area contributed by atoms with E-state index < -0.39 is 4.92 Å². The van der Waals surface area contributed by atoms with E-state index in [2.05, 4.69) is 0 Å². The summed E-state index contributed by atoms with van der Waals surface area (Å²) in [5.74, 6) is 0.223. The van der Waals surface area contributed by atoms with Crippen LogP contribution in [0.15, 0.2) is 18.2 Å². The van der Waals surface area contributed by atoms with Crippen LogP contribution in [-0.4, -0.2) is 37.1 Å². The van der Waals surface area contributed by atoms with Crippen LogP contribution in [0.1, 0.15) is 6.42 Å². The first kappa shape index (κ1) is 13.7. The topological polar surface area (TPSA) is 55.6 Å². The predicted molar refractivity (Wildman–Crippen MR) is 66.8 cm³/mol. The van der Waals surface area contributed by atoms with E-state index in [4.69, 9.17) is 16.3 Å². The predicted octanol–water partition coefficient (Wildman–Crippen LogP) is 2.58. The lowest BCUT2D eigenvalue weighted by atomic mass is 10.3. The molecule has 0 fully saturated rings. The van der Waals surface area contributed by atoms with Crippen molar-refractivity contribution in [2.75, 3.05) is 27.2 Å². The van der Waals surface area contributed by atoms with Gasteiger partial charge in [-0.1, -0.05) is 17.7 Å². The van der Waals surface area contributed by atoms with Gasteiger partial charge in [0.1, 0.15) is 5.02 Å². The highest BCUT2D eigenvalue weighted by Crippen LogP contribution is 2.34. The van der Waals surface area contributed by atoms with Crippen molar-refractivity contribution >= 4 is 17.3 Å². The third-order valence-corrected chi connectivity index (χ3v) is 2.44. The lowest BCUT2D eigenvalue weighted by Crippen LogP contribution is -2.15. The van der Waals surface area contributed by atoms with E-state index in [1.807, 2.05) is 19.0 Å². The quantitative estimate of drug-likeness (QED) is 0.447. The Morgan fingerprint density at radius 2 is 2.18 bits per heavy atom. The highest BCUT2D eigenvalue weighted by molar-refractivity contribution is 6.32. The van der Waals surface area contributed by atoms with E-state index in [9.17, 15) is 10.1 Å². The number of ether oxygens (including phenoxy) is 1. The van der Waals surface area contributed by atoms with Crippen molar-refractivity contribution in [3.63, 3.8) is 0 Å². The van der Waals surface area contributed by atoms with Crippen LogP contribution < -0.4 is 4.74 Å². The summed E-state index contributed by atoms with van der Waals surface area (Å²) in [5, 5.41) is 10.9. The third-order valence-electron chi connectivity index (χ3n) is 2.14. The van der Waals surface area contributed by atoms with E-state index in [1.54, 1.807) is 12.1 Å². The number of hydrogen-bond acceptors (Lipinski definition) is 4.